The molecule has 1 N–H and O–H groups in total. The molecule has 0 fully saturated rings. The molecule has 0 bridgehead atoms. The van der Waals surface area contributed by atoms with Crippen LogP contribution in [0, 0.1) is 0 Å². The molecule has 2 aromatic rings. The van der Waals surface area contributed by atoms with E-state index in [2.05, 4.69) is 4.72 Å². The number of sulfonamides is 1. The number of nitrogens with one attached hydrogen (secondary N) is 1. The molecule has 1 amide bonds. The van der Waals surface area contributed by atoms with Gasteiger partial charge < -0.3 is 4.90 Å². The molecule has 0 aromatic heterocycles. The van der Waals surface area contributed by atoms with Gasteiger partial charge in [0.15, 0.2) is 0 Å². The van der Waals surface area contributed by atoms with Crippen molar-refractivity contribution in [1.82, 2.24) is 9.62 Å². The maximum Gasteiger partial charge on any atom is 0.241 e. The normalized spacial score (nSPS) is 11.5. The first-order chi connectivity index (χ1) is 10.5. The van der Waals surface area contributed by atoms with Gasteiger partial charge in [0, 0.05) is 13.1 Å². The predicted molar refractivity (Wildman–Crippen MR) is 87.1 cm³/mol. The minimum absolute atomic E-state index is 0.165. The molecule has 0 aliphatic heterocycles. The Morgan fingerprint density at radius 3 is 2.32 bits per heavy atom. The maximum atomic E-state index is 12.3. The fourth-order valence-electron chi connectivity index (χ4n) is 2.26. The fourth-order valence-corrected chi connectivity index (χ4v) is 3.27. The van der Waals surface area contributed by atoms with E-state index in [-0.39, 0.29) is 17.3 Å². The van der Waals surface area contributed by atoms with Crippen molar-refractivity contribution in [1.29, 1.82) is 0 Å². The summed E-state index contributed by atoms with van der Waals surface area (Å²) in [7, 11) is -3.69. The van der Waals surface area contributed by atoms with E-state index < -0.39 is 10.0 Å². The second-order valence-electron chi connectivity index (χ2n) is 4.90. The van der Waals surface area contributed by atoms with Crippen LogP contribution in [0.25, 0.3) is 10.8 Å². The molecule has 2 aromatic carbocycles. The van der Waals surface area contributed by atoms with Gasteiger partial charge in [-0.25, -0.2) is 13.1 Å². The summed E-state index contributed by atoms with van der Waals surface area (Å²) >= 11 is 0. The zero-order valence-electron chi connectivity index (χ0n) is 12.7. The van der Waals surface area contributed by atoms with Crippen LogP contribution in [-0.2, 0) is 14.8 Å². The van der Waals surface area contributed by atoms with Crippen LogP contribution < -0.4 is 4.72 Å². The molecule has 0 saturated heterocycles. The van der Waals surface area contributed by atoms with E-state index in [1.54, 1.807) is 23.1 Å². The van der Waals surface area contributed by atoms with Crippen LogP contribution in [0.5, 0.6) is 0 Å². The minimum atomic E-state index is -3.69. The molecule has 0 unspecified atom stereocenters. The van der Waals surface area contributed by atoms with Crippen LogP contribution in [0.2, 0.25) is 0 Å². The summed E-state index contributed by atoms with van der Waals surface area (Å²) in [6.07, 6.45) is 0. The van der Waals surface area contributed by atoms with Crippen molar-refractivity contribution in [3.8, 4) is 0 Å². The molecule has 6 heteroatoms. The van der Waals surface area contributed by atoms with Gasteiger partial charge >= 0.3 is 0 Å². The molecule has 0 saturated carbocycles. The van der Waals surface area contributed by atoms with Gasteiger partial charge in [-0.15, -0.1) is 0 Å². The maximum absolute atomic E-state index is 12.3. The molecule has 0 aliphatic carbocycles. The van der Waals surface area contributed by atoms with Gasteiger partial charge in [0.1, 0.15) is 0 Å². The van der Waals surface area contributed by atoms with Crippen LogP contribution in [0.3, 0.4) is 0 Å². The Hall–Kier alpha value is -1.92. The minimum Gasteiger partial charge on any atom is -0.342 e. The Balaban J connectivity index is 2.16. The number of fused-ring (bicyclic) bond motifs is 1. The first-order valence-corrected chi connectivity index (χ1v) is 8.72. The number of benzene rings is 2. The number of carbonyl (C=O) groups is 1. The second-order valence-corrected chi connectivity index (χ2v) is 6.67. The van der Waals surface area contributed by atoms with Crippen molar-refractivity contribution in [2.75, 3.05) is 19.6 Å². The Kier molecular flexibility index (Phi) is 5.15. The summed E-state index contributed by atoms with van der Waals surface area (Å²) in [6.45, 7) is 4.62. The molecule has 0 radical (unpaired) electrons. The predicted octanol–water partition coefficient (Wildman–Crippen LogP) is 1.99. The van der Waals surface area contributed by atoms with Gasteiger partial charge in [-0.2, -0.15) is 0 Å². The van der Waals surface area contributed by atoms with Crippen molar-refractivity contribution in [2.24, 2.45) is 0 Å². The summed E-state index contributed by atoms with van der Waals surface area (Å²) < 4.78 is 27.0. The Morgan fingerprint density at radius 1 is 1.05 bits per heavy atom. The third kappa shape index (κ3) is 3.64. The average molecular weight is 320 g/mol. The van der Waals surface area contributed by atoms with E-state index in [1.165, 1.54) is 0 Å². The van der Waals surface area contributed by atoms with Crippen LogP contribution in [0.1, 0.15) is 13.8 Å². The van der Waals surface area contributed by atoms with E-state index in [0.717, 1.165) is 10.8 Å². The van der Waals surface area contributed by atoms with Crippen molar-refractivity contribution in [3.05, 3.63) is 42.5 Å². The highest BCUT2D eigenvalue weighted by molar-refractivity contribution is 7.89. The highest BCUT2D eigenvalue weighted by Gasteiger charge is 2.17. The van der Waals surface area contributed by atoms with Crippen molar-refractivity contribution >= 4 is 26.7 Å². The van der Waals surface area contributed by atoms with Crippen LogP contribution >= 0.6 is 0 Å². The van der Waals surface area contributed by atoms with E-state index in [9.17, 15) is 13.2 Å². The van der Waals surface area contributed by atoms with Gasteiger partial charge in [0.25, 0.3) is 0 Å². The average Bonchev–Trinajstić information content (AvgIpc) is 2.53. The molecule has 22 heavy (non-hydrogen) atoms. The first kappa shape index (κ1) is 16.5. The smallest absolute Gasteiger partial charge is 0.241 e. The zero-order valence-corrected chi connectivity index (χ0v) is 13.6. The highest BCUT2D eigenvalue weighted by atomic mass is 32.2. The van der Waals surface area contributed by atoms with Gasteiger partial charge in [-0.1, -0.05) is 30.3 Å². The number of likely N-dealkylation sites (N-methyl/N-ethyl adjacent to an activating group) is 1. The Labute approximate surface area is 131 Å². The number of hydrogen-bond donors (Lipinski definition) is 1. The lowest BCUT2D eigenvalue weighted by Crippen LogP contribution is -2.39. The molecule has 0 atom stereocenters. The number of nitrogens with zero attached hydrogens (tertiary/aromatic N) is 1. The highest BCUT2D eigenvalue weighted by Crippen LogP contribution is 2.18. The summed E-state index contributed by atoms with van der Waals surface area (Å²) in [6, 6.07) is 12.5. The molecule has 2 rings (SSSR count). The third-order valence-electron chi connectivity index (χ3n) is 3.56. The van der Waals surface area contributed by atoms with Crippen molar-refractivity contribution in [2.45, 2.75) is 18.7 Å². The molecule has 118 valence electrons. The lowest BCUT2D eigenvalue weighted by molar-refractivity contribution is -0.129. The van der Waals surface area contributed by atoms with Gasteiger partial charge in [0.2, 0.25) is 15.9 Å². The summed E-state index contributed by atoms with van der Waals surface area (Å²) in [4.78, 5) is 13.6. The quantitative estimate of drug-likeness (QED) is 0.885. The van der Waals surface area contributed by atoms with E-state index in [1.807, 2.05) is 38.1 Å². The lowest BCUT2D eigenvalue weighted by Gasteiger charge is -2.18. The van der Waals surface area contributed by atoms with Crippen molar-refractivity contribution < 1.29 is 13.2 Å². The van der Waals surface area contributed by atoms with E-state index in [0.29, 0.717) is 13.1 Å². The number of hydrogen-bond acceptors (Lipinski definition) is 3. The number of carbonyl (C=O) groups excluding carboxylic acids is 1. The van der Waals surface area contributed by atoms with E-state index in [4.69, 9.17) is 0 Å². The molecule has 0 heterocycles. The molecular weight excluding hydrogens is 300 g/mol. The number of rotatable bonds is 6. The van der Waals surface area contributed by atoms with E-state index >= 15 is 0 Å². The van der Waals surface area contributed by atoms with Crippen molar-refractivity contribution in [3.63, 3.8) is 0 Å². The molecule has 5 nitrogen and oxygen atoms in total. The van der Waals surface area contributed by atoms with Gasteiger partial charge in [0.05, 0.1) is 11.4 Å². The summed E-state index contributed by atoms with van der Waals surface area (Å²) in [5.41, 5.74) is 0. The summed E-state index contributed by atoms with van der Waals surface area (Å²) in [5.74, 6) is -0.227. The van der Waals surface area contributed by atoms with Gasteiger partial charge in [-0.3, -0.25) is 4.79 Å². The second kappa shape index (κ2) is 6.89. The fraction of sp³-hybridized carbons (Fsp3) is 0.312. The topological polar surface area (TPSA) is 66.5 Å². The van der Waals surface area contributed by atoms with Crippen LogP contribution in [0.15, 0.2) is 47.4 Å². The van der Waals surface area contributed by atoms with Crippen LogP contribution in [0.4, 0.5) is 0 Å². The summed E-state index contributed by atoms with van der Waals surface area (Å²) in [5, 5.41) is 1.82. The first-order valence-electron chi connectivity index (χ1n) is 7.24. The SMILES string of the molecule is CCN(CC)C(=O)CNS(=O)(=O)c1ccc2ccccc2c1. The molecule has 0 spiro atoms. The van der Waals surface area contributed by atoms with Gasteiger partial charge in [-0.05, 0) is 36.8 Å². The Morgan fingerprint density at radius 2 is 1.68 bits per heavy atom. The Bertz CT molecular complexity index is 768. The number of amides is 1. The lowest BCUT2D eigenvalue weighted by atomic mass is 10.1. The monoisotopic (exact) mass is 320 g/mol. The largest absolute Gasteiger partial charge is 0.342 e. The third-order valence-corrected chi connectivity index (χ3v) is 4.96. The molecular formula is C16H20N2O3S. The van der Waals surface area contributed by atoms with Crippen LogP contribution in [-0.4, -0.2) is 38.9 Å². The standard InChI is InChI=1S/C16H20N2O3S/c1-3-18(4-2)16(19)12-17-22(20,21)15-10-9-13-7-5-6-8-14(13)11-15/h5-11,17H,3-4,12H2,1-2H3. The zero-order chi connectivity index (χ0) is 16.2. The molecule has 0 aliphatic rings.